The Morgan fingerprint density at radius 3 is 1.26 bits per heavy atom. The van der Waals surface area contributed by atoms with Crippen LogP contribution in [-0.4, -0.2) is 13.2 Å². The van der Waals surface area contributed by atoms with E-state index in [4.69, 9.17) is 9.47 Å². The largest absolute Gasteiger partial charge is 0.494 e. The van der Waals surface area contributed by atoms with Gasteiger partial charge in [-0.25, -0.2) is 0 Å². The van der Waals surface area contributed by atoms with Crippen LogP contribution in [0.3, 0.4) is 0 Å². The standard InChI is InChI=1S/C45H68O2/c1-4-6-8-10-12-14-15-16-18-19-21-25-37-46-39(3)40-29-31-41(32-30-40)44-27-23-24-28-45(44)42-33-35-43(36-34-42)47-38-26-22-20-17-13-11-9-7-5-2/h23-24,27-36,39H,4-22,25-26,37-38H2,1-3H3. The summed E-state index contributed by atoms with van der Waals surface area (Å²) in [7, 11) is 0. The highest BCUT2D eigenvalue weighted by atomic mass is 16.5. The quantitative estimate of drug-likeness (QED) is 0.0735. The summed E-state index contributed by atoms with van der Waals surface area (Å²) in [5.41, 5.74) is 6.22. The van der Waals surface area contributed by atoms with Gasteiger partial charge in [0.1, 0.15) is 5.75 Å². The highest BCUT2D eigenvalue weighted by Gasteiger charge is 2.10. The minimum absolute atomic E-state index is 0.120. The van der Waals surface area contributed by atoms with Crippen molar-refractivity contribution in [3.63, 3.8) is 0 Å². The maximum atomic E-state index is 6.23. The first-order valence-corrected chi connectivity index (χ1v) is 19.8. The normalized spacial score (nSPS) is 12.0. The molecule has 0 heterocycles. The molecule has 0 saturated heterocycles. The van der Waals surface area contributed by atoms with Crippen molar-refractivity contribution in [2.45, 2.75) is 162 Å². The van der Waals surface area contributed by atoms with E-state index in [9.17, 15) is 0 Å². The second-order valence-electron chi connectivity index (χ2n) is 13.8. The van der Waals surface area contributed by atoms with Gasteiger partial charge in [0.25, 0.3) is 0 Å². The fourth-order valence-electron chi connectivity index (χ4n) is 6.55. The number of ether oxygens (including phenoxy) is 2. The molecule has 0 N–H and O–H groups in total. The summed E-state index contributed by atoms with van der Waals surface area (Å²) in [6.45, 7) is 8.41. The molecular formula is C45H68O2. The lowest BCUT2D eigenvalue weighted by Crippen LogP contribution is -2.02. The van der Waals surface area contributed by atoms with E-state index in [1.165, 1.54) is 150 Å². The summed E-state index contributed by atoms with van der Waals surface area (Å²) in [4.78, 5) is 0. The number of hydrogen-bond acceptors (Lipinski definition) is 2. The van der Waals surface area contributed by atoms with Gasteiger partial charge in [-0.05, 0) is 59.7 Å². The lowest BCUT2D eigenvalue weighted by molar-refractivity contribution is 0.0627. The van der Waals surface area contributed by atoms with E-state index in [2.05, 4.69) is 93.6 Å². The van der Waals surface area contributed by atoms with Gasteiger partial charge in [-0.3, -0.25) is 0 Å². The minimum Gasteiger partial charge on any atom is -0.494 e. The molecule has 260 valence electrons. The SMILES string of the molecule is CCCCCCCCCCCCCCOC(C)c1ccc(-c2ccccc2-c2ccc(OCCCCCCCCCCC)cc2)cc1. The van der Waals surface area contributed by atoms with Gasteiger partial charge in [-0.15, -0.1) is 0 Å². The molecule has 0 aliphatic carbocycles. The summed E-state index contributed by atoms with van der Waals surface area (Å²) in [6, 6.07) is 26.3. The highest BCUT2D eigenvalue weighted by Crippen LogP contribution is 2.34. The van der Waals surface area contributed by atoms with Crippen LogP contribution < -0.4 is 4.74 Å². The molecule has 0 bridgehead atoms. The topological polar surface area (TPSA) is 18.5 Å². The maximum Gasteiger partial charge on any atom is 0.119 e. The minimum atomic E-state index is 0.120. The average molecular weight is 641 g/mol. The number of rotatable bonds is 28. The van der Waals surface area contributed by atoms with E-state index in [-0.39, 0.29) is 6.10 Å². The fraction of sp³-hybridized carbons (Fsp3) is 0.600. The van der Waals surface area contributed by atoms with Crippen molar-refractivity contribution in [3.8, 4) is 28.0 Å². The molecule has 0 spiro atoms. The van der Waals surface area contributed by atoms with Gasteiger partial charge in [0.05, 0.1) is 12.7 Å². The van der Waals surface area contributed by atoms with Gasteiger partial charge in [-0.1, -0.05) is 197 Å². The van der Waals surface area contributed by atoms with E-state index >= 15 is 0 Å². The van der Waals surface area contributed by atoms with Crippen LogP contribution in [0.15, 0.2) is 72.8 Å². The molecule has 3 aromatic rings. The Labute approximate surface area is 290 Å². The van der Waals surface area contributed by atoms with E-state index in [1.807, 2.05) is 0 Å². The number of benzene rings is 3. The van der Waals surface area contributed by atoms with Crippen molar-refractivity contribution in [1.29, 1.82) is 0 Å². The van der Waals surface area contributed by atoms with Gasteiger partial charge >= 0.3 is 0 Å². The van der Waals surface area contributed by atoms with E-state index in [0.29, 0.717) is 0 Å². The van der Waals surface area contributed by atoms with Gasteiger partial charge in [0.2, 0.25) is 0 Å². The molecule has 3 aromatic carbocycles. The van der Waals surface area contributed by atoms with Crippen LogP contribution in [0, 0.1) is 0 Å². The summed E-state index contributed by atoms with van der Waals surface area (Å²) in [5.74, 6) is 0.965. The first-order chi connectivity index (χ1) is 23.2. The third-order valence-corrected chi connectivity index (χ3v) is 9.67. The Morgan fingerprint density at radius 1 is 0.426 bits per heavy atom. The predicted octanol–water partition coefficient (Wildman–Crippen LogP) is 14.7. The highest BCUT2D eigenvalue weighted by molar-refractivity contribution is 5.83. The Balaban J connectivity index is 1.35. The fourth-order valence-corrected chi connectivity index (χ4v) is 6.55. The van der Waals surface area contributed by atoms with Crippen LogP contribution in [0.4, 0.5) is 0 Å². The summed E-state index contributed by atoms with van der Waals surface area (Å²) in [6.07, 6.45) is 28.6. The Kier molecular flexibility index (Phi) is 21.0. The molecule has 2 nitrogen and oxygen atoms in total. The van der Waals surface area contributed by atoms with Crippen LogP contribution in [0.2, 0.25) is 0 Å². The predicted molar refractivity (Wildman–Crippen MR) is 205 cm³/mol. The molecule has 0 aromatic heterocycles. The van der Waals surface area contributed by atoms with E-state index in [0.717, 1.165) is 31.8 Å². The van der Waals surface area contributed by atoms with Crippen molar-refractivity contribution in [3.05, 3.63) is 78.4 Å². The lowest BCUT2D eigenvalue weighted by Gasteiger charge is -2.15. The maximum absolute atomic E-state index is 6.23. The molecular weight excluding hydrogens is 572 g/mol. The zero-order chi connectivity index (χ0) is 33.2. The van der Waals surface area contributed by atoms with Crippen molar-refractivity contribution in [1.82, 2.24) is 0 Å². The van der Waals surface area contributed by atoms with Crippen molar-refractivity contribution in [2.75, 3.05) is 13.2 Å². The summed E-state index contributed by atoms with van der Waals surface area (Å²) >= 11 is 0. The van der Waals surface area contributed by atoms with Crippen LogP contribution >= 0.6 is 0 Å². The van der Waals surface area contributed by atoms with E-state index < -0.39 is 0 Å². The monoisotopic (exact) mass is 641 g/mol. The number of hydrogen-bond donors (Lipinski definition) is 0. The van der Waals surface area contributed by atoms with Gasteiger partial charge < -0.3 is 9.47 Å². The molecule has 1 unspecified atom stereocenters. The second kappa shape index (κ2) is 25.4. The molecule has 3 rings (SSSR count). The first-order valence-electron chi connectivity index (χ1n) is 19.8. The van der Waals surface area contributed by atoms with Crippen LogP contribution in [0.1, 0.15) is 167 Å². The molecule has 1 atom stereocenters. The van der Waals surface area contributed by atoms with Crippen LogP contribution in [-0.2, 0) is 4.74 Å². The Hall–Kier alpha value is -2.58. The van der Waals surface area contributed by atoms with Crippen molar-refractivity contribution < 1.29 is 9.47 Å². The van der Waals surface area contributed by atoms with Gasteiger partial charge in [0, 0.05) is 6.61 Å². The molecule has 0 aliphatic heterocycles. The molecule has 0 amide bonds. The third-order valence-electron chi connectivity index (χ3n) is 9.67. The molecule has 0 radical (unpaired) electrons. The molecule has 0 aliphatic rings. The van der Waals surface area contributed by atoms with E-state index in [1.54, 1.807) is 0 Å². The molecule has 2 heteroatoms. The second-order valence-corrected chi connectivity index (χ2v) is 13.8. The van der Waals surface area contributed by atoms with Gasteiger partial charge in [0.15, 0.2) is 0 Å². The van der Waals surface area contributed by atoms with Crippen LogP contribution in [0.25, 0.3) is 22.3 Å². The zero-order valence-corrected chi connectivity index (χ0v) is 30.6. The molecule has 0 saturated carbocycles. The van der Waals surface area contributed by atoms with Crippen molar-refractivity contribution >= 4 is 0 Å². The average Bonchev–Trinajstić information content (AvgIpc) is 3.11. The summed E-state index contributed by atoms with van der Waals surface area (Å²) in [5, 5.41) is 0. The number of unbranched alkanes of at least 4 members (excludes halogenated alkanes) is 19. The summed E-state index contributed by atoms with van der Waals surface area (Å²) < 4.78 is 12.3. The Morgan fingerprint density at radius 2 is 0.809 bits per heavy atom. The smallest absolute Gasteiger partial charge is 0.119 e. The molecule has 47 heavy (non-hydrogen) atoms. The zero-order valence-electron chi connectivity index (χ0n) is 30.6. The van der Waals surface area contributed by atoms with Gasteiger partial charge in [-0.2, -0.15) is 0 Å². The molecule has 0 fully saturated rings. The Bertz CT molecular complexity index is 1150. The first kappa shape index (κ1) is 38.9. The van der Waals surface area contributed by atoms with Crippen molar-refractivity contribution in [2.24, 2.45) is 0 Å². The van der Waals surface area contributed by atoms with Crippen LogP contribution in [0.5, 0.6) is 5.75 Å². The lowest BCUT2D eigenvalue weighted by atomic mass is 9.94. The third kappa shape index (κ3) is 16.4.